The van der Waals surface area contributed by atoms with Gasteiger partial charge in [-0.25, -0.2) is 0 Å². The Morgan fingerprint density at radius 1 is 1.22 bits per heavy atom. The van der Waals surface area contributed by atoms with Gasteiger partial charge in [-0.15, -0.1) is 21.8 Å². The maximum absolute atomic E-state index is 11.4. The highest BCUT2D eigenvalue weighted by molar-refractivity contribution is 6.29. The standard InChI is InChI=1S/C13H13ClN2O2/c1-7-4-8(2)11(9(3)5-7)13-16-15-12(18-13)10(17)6-14/h4-5H,6H2,1-3H3. The Kier molecular flexibility index (Phi) is 3.48. The van der Waals surface area contributed by atoms with Gasteiger partial charge in [-0.05, 0) is 31.9 Å². The fourth-order valence-electron chi connectivity index (χ4n) is 2.01. The SMILES string of the molecule is Cc1cc(C)c(-c2nnc(C(=O)CCl)o2)c(C)c1. The van der Waals surface area contributed by atoms with Crippen LogP contribution in [0.4, 0.5) is 0 Å². The topological polar surface area (TPSA) is 56.0 Å². The predicted octanol–water partition coefficient (Wildman–Crippen LogP) is 3.08. The Labute approximate surface area is 110 Å². The van der Waals surface area contributed by atoms with Crippen LogP contribution in [0, 0.1) is 20.8 Å². The number of alkyl halides is 1. The van der Waals surface area contributed by atoms with Crippen molar-refractivity contribution in [3.05, 3.63) is 34.7 Å². The molecule has 0 aliphatic heterocycles. The molecule has 1 heterocycles. The third-order valence-electron chi connectivity index (χ3n) is 2.68. The lowest BCUT2D eigenvalue weighted by molar-refractivity contribution is 0.0985. The van der Waals surface area contributed by atoms with Crippen molar-refractivity contribution in [3.8, 4) is 11.5 Å². The maximum Gasteiger partial charge on any atom is 0.285 e. The number of carbonyl (C=O) groups is 1. The number of benzene rings is 1. The van der Waals surface area contributed by atoms with Crippen LogP contribution in [-0.4, -0.2) is 21.9 Å². The molecule has 0 saturated heterocycles. The van der Waals surface area contributed by atoms with E-state index in [4.69, 9.17) is 16.0 Å². The molecule has 0 fully saturated rings. The largest absolute Gasteiger partial charge is 0.414 e. The summed E-state index contributed by atoms with van der Waals surface area (Å²) in [6, 6.07) is 4.07. The summed E-state index contributed by atoms with van der Waals surface area (Å²) in [7, 11) is 0. The highest BCUT2D eigenvalue weighted by atomic mass is 35.5. The average Bonchev–Trinajstić information content (AvgIpc) is 2.76. The summed E-state index contributed by atoms with van der Waals surface area (Å²) >= 11 is 5.45. The van der Waals surface area contributed by atoms with E-state index in [9.17, 15) is 4.79 Å². The molecule has 0 bridgehead atoms. The van der Waals surface area contributed by atoms with Crippen LogP contribution in [0.5, 0.6) is 0 Å². The van der Waals surface area contributed by atoms with Crippen molar-refractivity contribution < 1.29 is 9.21 Å². The molecule has 0 N–H and O–H groups in total. The summed E-state index contributed by atoms with van der Waals surface area (Å²) in [4.78, 5) is 11.4. The van der Waals surface area contributed by atoms with Crippen LogP contribution < -0.4 is 0 Å². The Bertz CT molecular complexity index is 582. The fraction of sp³-hybridized carbons (Fsp3) is 0.308. The van der Waals surface area contributed by atoms with E-state index >= 15 is 0 Å². The zero-order chi connectivity index (χ0) is 13.3. The first kappa shape index (κ1) is 12.8. The quantitative estimate of drug-likeness (QED) is 0.631. The zero-order valence-electron chi connectivity index (χ0n) is 10.5. The maximum atomic E-state index is 11.4. The summed E-state index contributed by atoms with van der Waals surface area (Å²) < 4.78 is 5.37. The van der Waals surface area contributed by atoms with Gasteiger partial charge in [0, 0.05) is 5.56 Å². The minimum Gasteiger partial charge on any atom is -0.414 e. The Hall–Kier alpha value is -1.68. The lowest BCUT2D eigenvalue weighted by Gasteiger charge is -2.06. The van der Waals surface area contributed by atoms with Crippen molar-refractivity contribution in [2.24, 2.45) is 0 Å². The first-order valence-corrected chi connectivity index (χ1v) is 6.07. The first-order chi connectivity index (χ1) is 8.52. The number of hydrogen-bond acceptors (Lipinski definition) is 4. The Morgan fingerprint density at radius 2 is 1.83 bits per heavy atom. The molecule has 0 aliphatic carbocycles. The van der Waals surface area contributed by atoms with Crippen LogP contribution in [0.2, 0.25) is 0 Å². The molecular weight excluding hydrogens is 252 g/mol. The summed E-state index contributed by atoms with van der Waals surface area (Å²) in [5.41, 5.74) is 4.13. The molecule has 1 aromatic heterocycles. The van der Waals surface area contributed by atoms with Gasteiger partial charge in [-0.2, -0.15) is 0 Å². The van der Waals surface area contributed by atoms with Crippen LogP contribution in [0.3, 0.4) is 0 Å². The summed E-state index contributed by atoms with van der Waals surface area (Å²) in [5, 5.41) is 7.63. The summed E-state index contributed by atoms with van der Waals surface area (Å²) in [6.07, 6.45) is 0. The van der Waals surface area contributed by atoms with Crippen molar-refractivity contribution in [2.75, 3.05) is 5.88 Å². The number of rotatable bonds is 3. The number of halogens is 1. The van der Waals surface area contributed by atoms with E-state index in [1.54, 1.807) is 0 Å². The van der Waals surface area contributed by atoms with E-state index in [2.05, 4.69) is 10.2 Å². The van der Waals surface area contributed by atoms with Crippen LogP contribution in [-0.2, 0) is 0 Å². The van der Waals surface area contributed by atoms with Gasteiger partial charge in [0.15, 0.2) is 0 Å². The van der Waals surface area contributed by atoms with Gasteiger partial charge in [0.1, 0.15) is 0 Å². The van der Waals surface area contributed by atoms with Crippen LogP contribution >= 0.6 is 11.6 Å². The average molecular weight is 265 g/mol. The number of nitrogens with zero attached hydrogens (tertiary/aromatic N) is 2. The minimum absolute atomic E-state index is 0.0422. The molecule has 0 spiro atoms. The summed E-state index contributed by atoms with van der Waals surface area (Å²) in [5.74, 6) is -0.205. The third kappa shape index (κ3) is 2.29. The second-order valence-electron chi connectivity index (χ2n) is 4.24. The first-order valence-electron chi connectivity index (χ1n) is 5.54. The van der Waals surface area contributed by atoms with Gasteiger partial charge in [-0.1, -0.05) is 17.7 Å². The van der Waals surface area contributed by atoms with E-state index in [1.165, 1.54) is 5.56 Å². The molecule has 0 radical (unpaired) electrons. The van der Waals surface area contributed by atoms with E-state index in [0.717, 1.165) is 16.7 Å². The summed E-state index contributed by atoms with van der Waals surface area (Å²) in [6.45, 7) is 5.98. The molecule has 0 saturated carbocycles. The van der Waals surface area contributed by atoms with Crippen molar-refractivity contribution in [2.45, 2.75) is 20.8 Å². The van der Waals surface area contributed by atoms with Crippen molar-refractivity contribution >= 4 is 17.4 Å². The number of carbonyl (C=O) groups excluding carboxylic acids is 1. The van der Waals surface area contributed by atoms with E-state index in [1.807, 2.05) is 32.9 Å². The molecule has 2 rings (SSSR count). The molecule has 0 aliphatic rings. The molecule has 2 aromatic rings. The molecule has 0 amide bonds. The molecule has 1 aromatic carbocycles. The van der Waals surface area contributed by atoms with Gasteiger partial charge in [-0.3, -0.25) is 4.79 Å². The van der Waals surface area contributed by atoms with Gasteiger partial charge in [0.2, 0.25) is 11.7 Å². The normalized spacial score (nSPS) is 10.7. The predicted molar refractivity (Wildman–Crippen MR) is 69.0 cm³/mol. The molecule has 4 nitrogen and oxygen atoms in total. The number of hydrogen-bond donors (Lipinski definition) is 0. The van der Waals surface area contributed by atoms with Crippen LogP contribution in [0.25, 0.3) is 11.5 Å². The lowest BCUT2D eigenvalue weighted by atomic mass is 10.00. The van der Waals surface area contributed by atoms with Gasteiger partial charge >= 0.3 is 0 Å². The smallest absolute Gasteiger partial charge is 0.285 e. The van der Waals surface area contributed by atoms with E-state index in [-0.39, 0.29) is 17.6 Å². The number of ketones is 1. The zero-order valence-corrected chi connectivity index (χ0v) is 11.2. The van der Waals surface area contributed by atoms with Gasteiger partial charge in [0.25, 0.3) is 5.89 Å². The number of Topliss-reactive ketones (excluding diaryl/α,β-unsaturated/α-hetero) is 1. The second kappa shape index (κ2) is 4.90. The molecule has 5 heteroatoms. The van der Waals surface area contributed by atoms with Crippen molar-refractivity contribution in [1.29, 1.82) is 0 Å². The second-order valence-corrected chi connectivity index (χ2v) is 4.51. The van der Waals surface area contributed by atoms with Gasteiger partial charge < -0.3 is 4.42 Å². The fourth-order valence-corrected chi connectivity index (χ4v) is 2.13. The highest BCUT2D eigenvalue weighted by Gasteiger charge is 2.17. The molecule has 18 heavy (non-hydrogen) atoms. The molecule has 0 unspecified atom stereocenters. The third-order valence-corrected chi connectivity index (χ3v) is 2.92. The number of aryl methyl sites for hydroxylation is 3. The monoisotopic (exact) mass is 264 g/mol. The minimum atomic E-state index is -0.363. The molecule has 94 valence electrons. The van der Waals surface area contributed by atoms with Crippen LogP contribution in [0.15, 0.2) is 16.5 Å². The highest BCUT2D eigenvalue weighted by Crippen LogP contribution is 2.27. The Morgan fingerprint density at radius 3 is 2.39 bits per heavy atom. The van der Waals surface area contributed by atoms with E-state index in [0.29, 0.717) is 5.89 Å². The van der Waals surface area contributed by atoms with Gasteiger partial charge in [0.05, 0.1) is 5.88 Å². The number of aromatic nitrogens is 2. The lowest BCUT2D eigenvalue weighted by Crippen LogP contribution is -1.99. The molecular formula is C13H13ClN2O2. The van der Waals surface area contributed by atoms with Crippen molar-refractivity contribution in [1.82, 2.24) is 10.2 Å². The Balaban J connectivity index is 2.49. The van der Waals surface area contributed by atoms with E-state index < -0.39 is 0 Å². The molecule has 0 atom stereocenters. The van der Waals surface area contributed by atoms with Crippen LogP contribution in [0.1, 0.15) is 27.4 Å². The van der Waals surface area contributed by atoms with Crippen molar-refractivity contribution in [3.63, 3.8) is 0 Å².